The van der Waals surface area contributed by atoms with Crippen molar-refractivity contribution in [2.24, 2.45) is 0 Å². The molecule has 1 amide bonds. The van der Waals surface area contributed by atoms with Crippen molar-refractivity contribution in [1.29, 1.82) is 0 Å². The third-order valence-corrected chi connectivity index (χ3v) is 4.52. The van der Waals surface area contributed by atoms with Crippen LogP contribution in [0.25, 0.3) is 0 Å². The van der Waals surface area contributed by atoms with Crippen LogP contribution < -0.4 is 0 Å². The van der Waals surface area contributed by atoms with E-state index in [1.165, 1.54) is 32.4 Å². The number of piperidine rings is 2. The lowest BCUT2D eigenvalue weighted by Crippen LogP contribution is -2.48. The van der Waals surface area contributed by atoms with E-state index in [9.17, 15) is 4.79 Å². The molecule has 2 saturated heterocycles. The fourth-order valence-electron chi connectivity index (χ4n) is 3.31. The number of unbranched alkanes of at least 4 members (excludes halogenated alkanes) is 1. The largest absolute Gasteiger partial charge is 0.396 e. The zero-order valence-electron chi connectivity index (χ0n) is 12.0. The van der Waals surface area contributed by atoms with E-state index in [0.717, 1.165) is 38.8 Å². The van der Waals surface area contributed by atoms with Gasteiger partial charge < -0.3 is 14.9 Å². The maximum Gasteiger partial charge on any atom is 0.222 e. The maximum absolute atomic E-state index is 12.0. The molecule has 0 spiro atoms. The van der Waals surface area contributed by atoms with Crippen molar-refractivity contribution in [3.05, 3.63) is 0 Å². The third-order valence-electron chi connectivity index (χ3n) is 4.52. The summed E-state index contributed by atoms with van der Waals surface area (Å²) in [6.45, 7) is 4.58. The molecule has 4 nitrogen and oxygen atoms in total. The lowest BCUT2D eigenvalue weighted by Gasteiger charge is -2.40. The van der Waals surface area contributed by atoms with Crippen LogP contribution >= 0.6 is 0 Å². The van der Waals surface area contributed by atoms with Gasteiger partial charge in [-0.2, -0.15) is 0 Å². The summed E-state index contributed by atoms with van der Waals surface area (Å²) in [5.41, 5.74) is 0. The average molecular weight is 268 g/mol. The molecule has 0 unspecified atom stereocenters. The lowest BCUT2D eigenvalue weighted by molar-refractivity contribution is -0.133. The van der Waals surface area contributed by atoms with E-state index in [4.69, 9.17) is 5.11 Å². The number of amides is 1. The van der Waals surface area contributed by atoms with Crippen LogP contribution in [0, 0.1) is 0 Å². The number of aliphatic hydroxyl groups excluding tert-OH is 1. The summed E-state index contributed by atoms with van der Waals surface area (Å²) < 4.78 is 0. The van der Waals surface area contributed by atoms with E-state index < -0.39 is 0 Å². The normalized spacial score (nSPS) is 22.7. The first-order valence-electron chi connectivity index (χ1n) is 7.94. The molecule has 19 heavy (non-hydrogen) atoms. The van der Waals surface area contributed by atoms with Crippen LogP contribution in [0.1, 0.15) is 51.4 Å². The van der Waals surface area contributed by atoms with Crippen molar-refractivity contribution in [3.63, 3.8) is 0 Å². The Balaban J connectivity index is 1.68. The summed E-state index contributed by atoms with van der Waals surface area (Å²) in [5.74, 6) is 0.283. The molecule has 1 N–H and O–H groups in total. The van der Waals surface area contributed by atoms with E-state index in [0.29, 0.717) is 12.5 Å². The molecular formula is C15H28N2O2. The number of rotatable bonds is 5. The predicted octanol–water partition coefficient (Wildman–Crippen LogP) is 1.63. The number of carbonyl (C=O) groups is 1. The van der Waals surface area contributed by atoms with Crippen LogP contribution in [-0.4, -0.2) is 59.6 Å². The van der Waals surface area contributed by atoms with Gasteiger partial charge in [0.25, 0.3) is 0 Å². The molecule has 0 bridgehead atoms. The van der Waals surface area contributed by atoms with Gasteiger partial charge in [0.05, 0.1) is 0 Å². The van der Waals surface area contributed by atoms with Crippen LogP contribution in [0.15, 0.2) is 0 Å². The monoisotopic (exact) mass is 268 g/mol. The Kier molecular flexibility index (Phi) is 6.11. The van der Waals surface area contributed by atoms with Crippen molar-refractivity contribution in [1.82, 2.24) is 9.80 Å². The highest BCUT2D eigenvalue weighted by molar-refractivity contribution is 5.76. The highest BCUT2D eigenvalue weighted by Gasteiger charge is 2.27. The van der Waals surface area contributed by atoms with Gasteiger partial charge in [-0.25, -0.2) is 0 Å². The maximum atomic E-state index is 12.0. The molecule has 4 heteroatoms. The fraction of sp³-hybridized carbons (Fsp3) is 0.933. The van der Waals surface area contributed by atoms with Crippen molar-refractivity contribution >= 4 is 5.91 Å². The zero-order valence-corrected chi connectivity index (χ0v) is 12.0. The molecule has 0 aliphatic carbocycles. The minimum absolute atomic E-state index is 0.199. The van der Waals surface area contributed by atoms with Gasteiger partial charge in [-0.3, -0.25) is 4.79 Å². The Morgan fingerprint density at radius 2 is 1.68 bits per heavy atom. The molecular weight excluding hydrogens is 240 g/mol. The van der Waals surface area contributed by atoms with E-state index >= 15 is 0 Å². The van der Waals surface area contributed by atoms with Gasteiger partial charge in [-0.1, -0.05) is 6.42 Å². The molecule has 0 saturated carbocycles. The van der Waals surface area contributed by atoms with Crippen LogP contribution in [-0.2, 0) is 4.79 Å². The zero-order chi connectivity index (χ0) is 13.5. The first kappa shape index (κ1) is 14.8. The first-order valence-corrected chi connectivity index (χ1v) is 7.94. The Hall–Kier alpha value is -0.610. The van der Waals surface area contributed by atoms with Crippen molar-refractivity contribution < 1.29 is 9.90 Å². The van der Waals surface area contributed by atoms with Gasteiger partial charge >= 0.3 is 0 Å². The average Bonchev–Trinajstić information content (AvgIpc) is 2.48. The minimum atomic E-state index is 0.199. The van der Waals surface area contributed by atoms with Gasteiger partial charge in [-0.05, 0) is 51.6 Å². The number of likely N-dealkylation sites (tertiary alicyclic amines) is 2. The van der Waals surface area contributed by atoms with Crippen molar-refractivity contribution in [2.75, 3.05) is 32.8 Å². The quantitative estimate of drug-likeness (QED) is 0.771. The molecule has 0 atom stereocenters. The van der Waals surface area contributed by atoms with Gasteiger partial charge in [0.15, 0.2) is 0 Å². The van der Waals surface area contributed by atoms with Gasteiger partial charge in [0.2, 0.25) is 5.91 Å². The Bertz CT molecular complexity index is 269. The first-order chi connectivity index (χ1) is 9.31. The SMILES string of the molecule is O=C(CCCCO)N1CCC(N2CCCCC2)CC1. The van der Waals surface area contributed by atoms with E-state index in [-0.39, 0.29) is 12.5 Å². The lowest BCUT2D eigenvalue weighted by atomic mass is 9.99. The highest BCUT2D eigenvalue weighted by Crippen LogP contribution is 2.21. The Morgan fingerprint density at radius 1 is 1.00 bits per heavy atom. The molecule has 0 aromatic rings. The summed E-state index contributed by atoms with van der Waals surface area (Å²) in [6.07, 6.45) is 8.54. The van der Waals surface area contributed by atoms with Crippen LogP contribution in [0.3, 0.4) is 0 Å². The van der Waals surface area contributed by atoms with E-state index in [1.54, 1.807) is 0 Å². The second-order valence-corrected chi connectivity index (χ2v) is 5.89. The standard InChI is InChI=1S/C15H28N2O2/c18-13-5-2-6-15(19)17-11-7-14(8-12-17)16-9-3-1-4-10-16/h14,18H,1-13H2. The molecule has 0 aromatic carbocycles. The molecule has 0 aromatic heterocycles. The third kappa shape index (κ3) is 4.46. The second-order valence-electron chi connectivity index (χ2n) is 5.89. The van der Waals surface area contributed by atoms with Crippen molar-refractivity contribution in [3.8, 4) is 0 Å². The number of hydrogen-bond donors (Lipinski definition) is 1. The number of nitrogens with zero attached hydrogens (tertiary/aromatic N) is 2. The molecule has 0 radical (unpaired) electrons. The molecule has 2 heterocycles. The van der Waals surface area contributed by atoms with Crippen molar-refractivity contribution in [2.45, 2.75) is 57.4 Å². The van der Waals surface area contributed by atoms with Gasteiger partial charge in [0.1, 0.15) is 0 Å². The molecule has 110 valence electrons. The van der Waals surface area contributed by atoms with E-state index in [2.05, 4.69) is 4.90 Å². The summed E-state index contributed by atoms with van der Waals surface area (Å²) >= 11 is 0. The molecule has 2 aliphatic rings. The fourth-order valence-corrected chi connectivity index (χ4v) is 3.31. The second kappa shape index (κ2) is 7.85. The number of aliphatic hydroxyl groups is 1. The molecule has 2 fully saturated rings. The van der Waals surface area contributed by atoms with Crippen LogP contribution in [0.5, 0.6) is 0 Å². The van der Waals surface area contributed by atoms with E-state index in [1.807, 2.05) is 4.90 Å². The van der Waals surface area contributed by atoms with Gasteiger partial charge in [-0.15, -0.1) is 0 Å². The summed E-state index contributed by atoms with van der Waals surface area (Å²) in [7, 11) is 0. The summed E-state index contributed by atoms with van der Waals surface area (Å²) in [6, 6.07) is 0.710. The van der Waals surface area contributed by atoms with Crippen LogP contribution in [0.2, 0.25) is 0 Å². The summed E-state index contributed by atoms with van der Waals surface area (Å²) in [4.78, 5) is 16.6. The van der Waals surface area contributed by atoms with Crippen LogP contribution in [0.4, 0.5) is 0 Å². The minimum Gasteiger partial charge on any atom is -0.396 e. The number of hydrogen-bond acceptors (Lipinski definition) is 3. The predicted molar refractivity (Wildman–Crippen MR) is 76.0 cm³/mol. The molecule has 2 rings (SSSR count). The number of carbonyl (C=O) groups excluding carboxylic acids is 1. The molecule has 2 aliphatic heterocycles. The topological polar surface area (TPSA) is 43.8 Å². The smallest absolute Gasteiger partial charge is 0.222 e. The highest BCUT2D eigenvalue weighted by atomic mass is 16.3. The Labute approximate surface area is 116 Å². The Morgan fingerprint density at radius 3 is 2.32 bits per heavy atom. The van der Waals surface area contributed by atoms with Gasteiger partial charge in [0, 0.05) is 32.2 Å². The summed E-state index contributed by atoms with van der Waals surface area (Å²) in [5, 5.41) is 8.74.